The van der Waals surface area contributed by atoms with Crippen LogP contribution < -0.4 is 11.1 Å². The highest BCUT2D eigenvalue weighted by molar-refractivity contribution is 5.85. The summed E-state index contributed by atoms with van der Waals surface area (Å²) in [5.41, 5.74) is 5.02. The van der Waals surface area contributed by atoms with Crippen LogP contribution in [-0.2, 0) is 9.53 Å². The maximum atomic E-state index is 11.7. The summed E-state index contributed by atoms with van der Waals surface area (Å²) in [5.74, 6) is -0.231. The van der Waals surface area contributed by atoms with E-state index < -0.39 is 5.54 Å². The minimum absolute atomic E-state index is 0.207. The van der Waals surface area contributed by atoms with Gasteiger partial charge in [0.15, 0.2) is 0 Å². The van der Waals surface area contributed by atoms with Gasteiger partial charge < -0.3 is 15.8 Å². The third-order valence-corrected chi connectivity index (χ3v) is 3.94. The minimum Gasteiger partial charge on any atom is -0.375 e. The number of hydrogen-bond donors (Lipinski definition) is 2. The van der Waals surface area contributed by atoms with Crippen LogP contribution in [0.15, 0.2) is 0 Å². The maximum Gasteiger partial charge on any atom is 0.237 e. The van der Waals surface area contributed by atoms with Crippen LogP contribution in [0, 0.1) is 0 Å². The van der Waals surface area contributed by atoms with Gasteiger partial charge in [0.1, 0.15) is 5.54 Å². The maximum absolute atomic E-state index is 11.7. The molecule has 4 nitrogen and oxygen atoms in total. The van der Waals surface area contributed by atoms with Gasteiger partial charge in [-0.1, -0.05) is 0 Å². The fraction of sp³-hybridized carbons (Fsp3) is 0.923. The van der Waals surface area contributed by atoms with Gasteiger partial charge >= 0.3 is 0 Å². The molecule has 0 saturated heterocycles. The number of ether oxygens (including phenoxy) is 1. The number of carbonyl (C=O) groups excluding carboxylic acids is 1. The van der Waals surface area contributed by atoms with Crippen molar-refractivity contribution in [3.63, 3.8) is 0 Å². The molecule has 0 aromatic heterocycles. The lowest BCUT2D eigenvalue weighted by atomic mass is 9.94. The van der Waals surface area contributed by atoms with Crippen LogP contribution in [0.1, 0.15) is 52.4 Å². The van der Waals surface area contributed by atoms with Gasteiger partial charge in [-0.2, -0.15) is 0 Å². The number of carbonyl (C=O) groups is 1. The molecule has 3 N–H and O–H groups in total. The lowest BCUT2D eigenvalue weighted by Gasteiger charge is -2.32. The van der Waals surface area contributed by atoms with Crippen molar-refractivity contribution in [2.75, 3.05) is 0 Å². The van der Waals surface area contributed by atoms with Crippen LogP contribution in [0.2, 0.25) is 0 Å². The second-order valence-electron chi connectivity index (χ2n) is 5.80. The summed E-state index contributed by atoms with van der Waals surface area (Å²) in [4.78, 5) is 11.7. The summed E-state index contributed by atoms with van der Waals surface area (Å²) in [7, 11) is 0. The number of rotatable bonds is 5. The van der Waals surface area contributed by atoms with Gasteiger partial charge in [0.05, 0.1) is 12.2 Å². The van der Waals surface area contributed by atoms with E-state index in [0.717, 1.165) is 19.3 Å². The van der Waals surface area contributed by atoms with E-state index in [9.17, 15) is 4.79 Å². The monoisotopic (exact) mass is 240 g/mol. The van der Waals surface area contributed by atoms with Crippen molar-refractivity contribution in [1.82, 2.24) is 5.32 Å². The molecule has 2 aliphatic rings. The van der Waals surface area contributed by atoms with Gasteiger partial charge in [-0.25, -0.2) is 0 Å². The molecule has 2 rings (SSSR count). The zero-order valence-corrected chi connectivity index (χ0v) is 10.9. The highest BCUT2D eigenvalue weighted by Gasteiger charge is 2.45. The standard InChI is InChI=1S/C13H24N2O2/c1-9(2)15-13(12(14)16)7-6-11(8-13)17-10-4-3-5-10/h9-11,15H,3-8H2,1-2H3,(H2,14,16). The molecule has 0 spiro atoms. The molecule has 2 atom stereocenters. The SMILES string of the molecule is CC(C)NC1(C(N)=O)CCC(OC2CCC2)C1. The molecule has 2 saturated carbocycles. The van der Waals surface area contributed by atoms with E-state index in [0.29, 0.717) is 6.10 Å². The Morgan fingerprint density at radius 2 is 2.06 bits per heavy atom. The molecular formula is C13H24N2O2. The molecule has 1 amide bonds. The molecule has 0 aromatic rings. The van der Waals surface area contributed by atoms with E-state index in [-0.39, 0.29) is 18.1 Å². The highest BCUT2D eigenvalue weighted by Crippen LogP contribution is 2.35. The second kappa shape index (κ2) is 4.94. The first-order valence-corrected chi connectivity index (χ1v) is 6.75. The Hall–Kier alpha value is -0.610. The quantitative estimate of drug-likeness (QED) is 0.762. The summed E-state index contributed by atoms with van der Waals surface area (Å²) in [6, 6.07) is 0.268. The zero-order valence-electron chi connectivity index (χ0n) is 10.9. The smallest absolute Gasteiger partial charge is 0.237 e. The average Bonchev–Trinajstić information content (AvgIpc) is 2.55. The fourth-order valence-corrected chi connectivity index (χ4v) is 2.87. The van der Waals surface area contributed by atoms with Crippen molar-refractivity contribution in [2.45, 2.75) is 76.2 Å². The molecule has 0 aromatic carbocycles. The number of nitrogens with one attached hydrogen (secondary N) is 1. The summed E-state index contributed by atoms with van der Waals surface area (Å²) >= 11 is 0. The van der Waals surface area contributed by atoms with Crippen molar-refractivity contribution >= 4 is 5.91 Å². The third-order valence-electron chi connectivity index (χ3n) is 3.94. The first-order valence-electron chi connectivity index (χ1n) is 6.75. The van der Waals surface area contributed by atoms with E-state index in [2.05, 4.69) is 5.32 Å². The van der Waals surface area contributed by atoms with E-state index in [1.165, 1.54) is 19.3 Å². The van der Waals surface area contributed by atoms with Gasteiger partial charge in [0.25, 0.3) is 0 Å². The molecule has 2 unspecified atom stereocenters. The van der Waals surface area contributed by atoms with Gasteiger partial charge in [0, 0.05) is 12.5 Å². The Kier molecular flexibility index (Phi) is 3.73. The van der Waals surface area contributed by atoms with E-state index in [4.69, 9.17) is 10.5 Å². The van der Waals surface area contributed by atoms with E-state index >= 15 is 0 Å². The van der Waals surface area contributed by atoms with Crippen LogP contribution in [0.3, 0.4) is 0 Å². The Bertz CT molecular complexity index is 289. The lowest BCUT2D eigenvalue weighted by Crippen LogP contribution is -2.56. The Labute approximate surface area is 103 Å². The predicted molar refractivity (Wildman–Crippen MR) is 66.6 cm³/mol. The first-order chi connectivity index (χ1) is 8.02. The molecule has 2 aliphatic carbocycles. The largest absolute Gasteiger partial charge is 0.375 e. The van der Waals surface area contributed by atoms with E-state index in [1.54, 1.807) is 0 Å². The van der Waals surface area contributed by atoms with Gasteiger partial charge in [-0.3, -0.25) is 4.79 Å². The van der Waals surface area contributed by atoms with Crippen LogP contribution >= 0.6 is 0 Å². The summed E-state index contributed by atoms with van der Waals surface area (Å²) in [6.07, 6.45) is 6.76. The van der Waals surface area contributed by atoms with Gasteiger partial charge in [0.2, 0.25) is 5.91 Å². The average molecular weight is 240 g/mol. The second-order valence-corrected chi connectivity index (χ2v) is 5.80. The summed E-state index contributed by atoms with van der Waals surface area (Å²) < 4.78 is 5.99. The summed E-state index contributed by atoms with van der Waals surface area (Å²) in [6.45, 7) is 4.09. The molecule has 98 valence electrons. The molecule has 17 heavy (non-hydrogen) atoms. The zero-order chi connectivity index (χ0) is 12.5. The number of hydrogen-bond acceptors (Lipinski definition) is 3. The number of nitrogens with two attached hydrogens (primary N) is 1. The lowest BCUT2D eigenvalue weighted by molar-refractivity contribution is -0.125. The fourth-order valence-electron chi connectivity index (χ4n) is 2.87. The Morgan fingerprint density at radius 1 is 1.35 bits per heavy atom. The number of primary amides is 1. The van der Waals surface area contributed by atoms with E-state index in [1.807, 2.05) is 13.8 Å². The van der Waals surface area contributed by atoms with Crippen LogP contribution in [0.25, 0.3) is 0 Å². The Morgan fingerprint density at radius 3 is 2.53 bits per heavy atom. The van der Waals surface area contributed by atoms with Crippen molar-refractivity contribution in [1.29, 1.82) is 0 Å². The Balaban J connectivity index is 1.92. The van der Waals surface area contributed by atoms with Gasteiger partial charge in [-0.15, -0.1) is 0 Å². The normalized spacial score (nSPS) is 33.9. The molecular weight excluding hydrogens is 216 g/mol. The van der Waals surface area contributed by atoms with Crippen molar-refractivity contribution in [3.8, 4) is 0 Å². The van der Waals surface area contributed by atoms with Crippen molar-refractivity contribution in [3.05, 3.63) is 0 Å². The van der Waals surface area contributed by atoms with Crippen LogP contribution in [0.4, 0.5) is 0 Å². The number of amides is 1. The predicted octanol–water partition coefficient (Wildman–Crippen LogP) is 1.33. The summed E-state index contributed by atoms with van der Waals surface area (Å²) in [5, 5.41) is 3.34. The van der Waals surface area contributed by atoms with Crippen molar-refractivity contribution < 1.29 is 9.53 Å². The van der Waals surface area contributed by atoms with Crippen molar-refractivity contribution in [2.24, 2.45) is 5.73 Å². The third kappa shape index (κ3) is 2.80. The molecule has 2 fully saturated rings. The molecule has 0 aliphatic heterocycles. The molecule has 0 radical (unpaired) electrons. The van der Waals surface area contributed by atoms with Gasteiger partial charge in [-0.05, 0) is 46.0 Å². The highest BCUT2D eigenvalue weighted by atomic mass is 16.5. The topological polar surface area (TPSA) is 64.3 Å². The minimum atomic E-state index is -0.539. The molecule has 4 heteroatoms. The van der Waals surface area contributed by atoms with Crippen LogP contribution in [0.5, 0.6) is 0 Å². The molecule has 0 bridgehead atoms. The van der Waals surface area contributed by atoms with Crippen LogP contribution in [-0.4, -0.2) is 29.7 Å². The first kappa shape index (κ1) is 12.8. The molecule has 0 heterocycles.